The number of likely N-dealkylation sites (tertiary alicyclic amines) is 1. The normalized spacial score (nSPS) is 20.2. The van der Waals surface area contributed by atoms with Crippen LogP contribution in [0.25, 0.3) is 0 Å². The van der Waals surface area contributed by atoms with E-state index in [0.29, 0.717) is 11.6 Å². The average molecular weight is 385 g/mol. The Kier molecular flexibility index (Phi) is 3.69. The van der Waals surface area contributed by atoms with Crippen LogP contribution in [0.4, 0.5) is 22.0 Å². The van der Waals surface area contributed by atoms with Crippen molar-refractivity contribution >= 4 is 34.8 Å². The molecule has 8 heteroatoms. The predicted octanol–water partition coefficient (Wildman–Crippen LogP) is 2.33. The van der Waals surface area contributed by atoms with E-state index < -0.39 is 0 Å². The van der Waals surface area contributed by atoms with E-state index in [4.69, 9.17) is 11.6 Å². The van der Waals surface area contributed by atoms with Crippen molar-refractivity contribution in [3.63, 3.8) is 0 Å². The summed E-state index contributed by atoms with van der Waals surface area (Å²) in [6.07, 6.45) is 5.19. The number of aromatic nitrogens is 2. The van der Waals surface area contributed by atoms with E-state index in [1.165, 1.54) is 0 Å². The average Bonchev–Trinajstić information content (AvgIpc) is 2.61. The van der Waals surface area contributed by atoms with Crippen molar-refractivity contribution in [2.75, 3.05) is 61.0 Å². The summed E-state index contributed by atoms with van der Waals surface area (Å²) in [5, 5.41) is 0.691. The number of fused-ring (bicyclic) bond motifs is 1. The number of nitrogens with zero attached hydrogens (tertiary/aromatic N) is 6. The van der Waals surface area contributed by atoms with Crippen molar-refractivity contribution in [3.8, 4) is 0 Å². The van der Waals surface area contributed by atoms with Gasteiger partial charge in [0.05, 0.1) is 17.6 Å². The number of anilines is 3. The Labute approximate surface area is 163 Å². The smallest absolute Gasteiger partial charge is 0.324 e. The van der Waals surface area contributed by atoms with Gasteiger partial charge < -0.3 is 14.7 Å². The summed E-state index contributed by atoms with van der Waals surface area (Å²) in [4.78, 5) is 29.8. The van der Waals surface area contributed by atoms with E-state index in [0.717, 1.165) is 49.9 Å². The number of rotatable bonds is 1. The highest BCUT2D eigenvalue weighted by atomic mass is 35.5. The zero-order valence-corrected chi connectivity index (χ0v) is 15.9. The van der Waals surface area contributed by atoms with E-state index in [-0.39, 0.29) is 11.4 Å². The first kappa shape index (κ1) is 16.6. The highest BCUT2D eigenvalue weighted by molar-refractivity contribution is 6.31. The van der Waals surface area contributed by atoms with Crippen LogP contribution in [0.3, 0.4) is 0 Å². The number of benzene rings is 1. The third-order valence-electron chi connectivity index (χ3n) is 5.78. The summed E-state index contributed by atoms with van der Waals surface area (Å²) in [6.45, 7) is 4.97. The van der Waals surface area contributed by atoms with Crippen LogP contribution in [0.2, 0.25) is 5.02 Å². The molecule has 5 rings (SSSR count). The maximum Gasteiger partial charge on any atom is 0.324 e. The number of carbonyl (C=O) groups is 1. The van der Waals surface area contributed by atoms with Crippen molar-refractivity contribution in [2.24, 2.45) is 5.41 Å². The van der Waals surface area contributed by atoms with Gasteiger partial charge in [-0.1, -0.05) is 11.6 Å². The molecule has 0 atom stereocenters. The molecule has 0 unspecified atom stereocenters. The molecule has 140 valence electrons. The lowest BCUT2D eigenvalue weighted by molar-refractivity contribution is 0.00963. The van der Waals surface area contributed by atoms with E-state index >= 15 is 0 Å². The molecule has 0 saturated carbocycles. The lowest BCUT2D eigenvalue weighted by Gasteiger charge is -2.60. The number of carbonyl (C=O) groups excluding carboxylic acids is 1. The molecule has 4 heterocycles. The lowest BCUT2D eigenvalue weighted by atomic mass is 9.73. The summed E-state index contributed by atoms with van der Waals surface area (Å²) in [7, 11) is 2.03. The summed E-state index contributed by atoms with van der Waals surface area (Å²) >= 11 is 6.14. The first-order chi connectivity index (χ1) is 13.0. The zero-order chi connectivity index (χ0) is 18.6. The quantitative estimate of drug-likeness (QED) is 0.755. The molecule has 0 bridgehead atoms. The largest absolute Gasteiger partial charge is 0.371 e. The van der Waals surface area contributed by atoms with Crippen molar-refractivity contribution in [1.29, 1.82) is 0 Å². The fourth-order valence-electron chi connectivity index (χ4n) is 4.37. The van der Waals surface area contributed by atoms with E-state index in [1.54, 1.807) is 18.6 Å². The van der Waals surface area contributed by atoms with Gasteiger partial charge in [0, 0.05) is 69.1 Å². The molecule has 3 aliphatic heterocycles. The van der Waals surface area contributed by atoms with Crippen molar-refractivity contribution in [3.05, 3.63) is 41.8 Å². The van der Waals surface area contributed by atoms with Gasteiger partial charge >= 0.3 is 6.03 Å². The summed E-state index contributed by atoms with van der Waals surface area (Å²) in [6, 6.07) is 5.82. The monoisotopic (exact) mass is 384 g/mol. The van der Waals surface area contributed by atoms with Crippen LogP contribution in [-0.4, -0.2) is 67.2 Å². The fraction of sp³-hybridized carbons (Fsp3) is 0.421. The van der Waals surface area contributed by atoms with E-state index in [2.05, 4.69) is 19.8 Å². The molecule has 0 radical (unpaired) electrons. The standard InChI is InChI=1S/C19H21ClN6O/c1-23-6-7-26(15-3-2-14(20)8-16(15)23)18(27)25-12-19(13-25)10-24(11-19)17-9-21-4-5-22-17/h2-5,8-9H,6-7,10-13H2,1H3. The molecule has 27 heavy (non-hydrogen) atoms. The molecule has 1 aromatic carbocycles. The van der Waals surface area contributed by atoms with Crippen LogP contribution in [-0.2, 0) is 0 Å². The Bertz CT molecular complexity index is 877. The third kappa shape index (κ3) is 2.68. The molecule has 2 aromatic rings. The molecule has 1 aromatic heterocycles. The van der Waals surface area contributed by atoms with Crippen LogP contribution in [0.1, 0.15) is 0 Å². The number of urea groups is 1. The number of likely N-dealkylation sites (N-methyl/N-ethyl adjacent to an activating group) is 1. The van der Waals surface area contributed by atoms with E-state index in [9.17, 15) is 4.79 Å². The first-order valence-electron chi connectivity index (χ1n) is 9.13. The summed E-state index contributed by atoms with van der Waals surface area (Å²) in [5.74, 6) is 0.915. The molecule has 3 aliphatic rings. The van der Waals surface area contributed by atoms with Gasteiger partial charge in [0.1, 0.15) is 5.82 Å². The van der Waals surface area contributed by atoms with Crippen molar-refractivity contribution < 1.29 is 4.79 Å². The number of hydrogen-bond acceptors (Lipinski definition) is 5. The maximum atomic E-state index is 13.1. The molecular formula is C19H21ClN6O. The highest BCUT2D eigenvalue weighted by Crippen LogP contribution is 2.43. The second kappa shape index (κ2) is 5.99. The topological polar surface area (TPSA) is 55.8 Å². The van der Waals surface area contributed by atoms with Gasteiger partial charge in [0.25, 0.3) is 0 Å². The Balaban J connectivity index is 1.25. The Hall–Kier alpha value is -2.54. The van der Waals surface area contributed by atoms with Crippen LogP contribution >= 0.6 is 11.6 Å². The van der Waals surface area contributed by atoms with Crippen LogP contribution in [0, 0.1) is 5.41 Å². The van der Waals surface area contributed by atoms with Crippen molar-refractivity contribution in [1.82, 2.24) is 14.9 Å². The summed E-state index contributed by atoms with van der Waals surface area (Å²) < 4.78 is 0. The maximum absolute atomic E-state index is 13.1. The second-order valence-corrected chi connectivity index (χ2v) is 8.20. The lowest BCUT2D eigenvalue weighted by Crippen LogP contribution is -2.74. The minimum atomic E-state index is 0.0928. The first-order valence-corrected chi connectivity index (χ1v) is 9.51. The molecule has 2 amide bonds. The van der Waals surface area contributed by atoms with Gasteiger partial charge in [-0.3, -0.25) is 9.88 Å². The number of amides is 2. The fourth-order valence-corrected chi connectivity index (χ4v) is 4.54. The molecule has 0 aliphatic carbocycles. The number of hydrogen-bond donors (Lipinski definition) is 0. The van der Waals surface area contributed by atoms with Crippen LogP contribution < -0.4 is 14.7 Å². The molecule has 0 N–H and O–H groups in total. The predicted molar refractivity (Wildman–Crippen MR) is 106 cm³/mol. The third-order valence-corrected chi connectivity index (χ3v) is 6.01. The summed E-state index contributed by atoms with van der Waals surface area (Å²) in [5.41, 5.74) is 2.16. The molecule has 2 fully saturated rings. The van der Waals surface area contributed by atoms with Crippen LogP contribution in [0.15, 0.2) is 36.8 Å². The van der Waals surface area contributed by atoms with Crippen LogP contribution in [0.5, 0.6) is 0 Å². The SMILES string of the molecule is CN1CCN(C(=O)N2CC3(C2)CN(c2cnccn2)C3)c2ccc(Cl)cc21. The molecule has 2 saturated heterocycles. The minimum Gasteiger partial charge on any atom is -0.371 e. The number of halogens is 1. The molecule has 1 spiro atoms. The Morgan fingerprint density at radius 3 is 2.67 bits per heavy atom. The van der Waals surface area contributed by atoms with Gasteiger partial charge in [-0.05, 0) is 18.2 Å². The van der Waals surface area contributed by atoms with Crippen molar-refractivity contribution in [2.45, 2.75) is 0 Å². The highest BCUT2D eigenvalue weighted by Gasteiger charge is 2.54. The molecular weight excluding hydrogens is 364 g/mol. The van der Waals surface area contributed by atoms with E-state index in [1.807, 2.05) is 35.0 Å². The van der Waals surface area contributed by atoms with Gasteiger partial charge in [-0.15, -0.1) is 0 Å². The van der Waals surface area contributed by atoms with Gasteiger partial charge in [-0.25, -0.2) is 9.78 Å². The van der Waals surface area contributed by atoms with Gasteiger partial charge in [-0.2, -0.15) is 0 Å². The molecule has 7 nitrogen and oxygen atoms in total. The second-order valence-electron chi connectivity index (χ2n) is 7.76. The van der Waals surface area contributed by atoms with Gasteiger partial charge in [0.2, 0.25) is 0 Å². The Morgan fingerprint density at radius 1 is 1.11 bits per heavy atom. The zero-order valence-electron chi connectivity index (χ0n) is 15.2. The Morgan fingerprint density at radius 2 is 1.93 bits per heavy atom. The van der Waals surface area contributed by atoms with Gasteiger partial charge in [0.15, 0.2) is 0 Å². The minimum absolute atomic E-state index is 0.0928.